The van der Waals surface area contributed by atoms with Gasteiger partial charge in [-0.3, -0.25) is 4.79 Å². The predicted octanol–water partition coefficient (Wildman–Crippen LogP) is 1.89. The molecule has 2 rings (SSSR count). The second-order valence-corrected chi connectivity index (χ2v) is 3.73. The van der Waals surface area contributed by atoms with Crippen molar-refractivity contribution in [2.75, 3.05) is 0 Å². The number of nitrogens with one attached hydrogen (secondary N) is 2. The van der Waals surface area contributed by atoms with Crippen LogP contribution in [0.25, 0.3) is 11.4 Å². The zero-order valence-corrected chi connectivity index (χ0v) is 8.74. The first-order valence-electron chi connectivity index (χ1n) is 4.91. The van der Waals surface area contributed by atoms with E-state index >= 15 is 0 Å². The third kappa shape index (κ3) is 1.70. The van der Waals surface area contributed by atoms with E-state index in [0.29, 0.717) is 0 Å². The Kier molecular flexibility index (Phi) is 2.41. The van der Waals surface area contributed by atoms with E-state index in [0.717, 1.165) is 17.0 Å². The average Bonchev–Trinajstić information content (AvgIpc) is 2.69. The van der Waals surface area contributed by atoms with Gasteiger partial charge in [0.15, 0.2) is 0 Å². The summed E-state index contributed by atoms with van der Waals surface area (Å²) >= 11 is 0. The topological polar surface area (TPSA) is 61.5 Å². The quantitative estimate of drug-likeness (QED) is 0.782. The molecule has 2 aromatic rings. The van der Waals surface area contributed by atoms with Crippen molar-refractivity contribution in [1.82, 2.24) is 15.0 Å². The van der Waals surface area contributed by atoms with Crippen molar-refractivity contribution in [3.63, 3.8) is 0 Å². The number of hydrogen-bond donors (Lipinski definition) is 2. The van der Waals surface area contributed by atoms with Crippen molar-refractivity contribution in [1.29, 1.82) is 0 Å². The molecule has 15 heavy (non-hydrogen) atoms. The lowest BCUT2D eigenvalue weighted by Crippen LogP contribution is -2.16. The first-order chi connectivity index (χ1) is 7.20. The summed E-state index contributed by atoms with van der Waals surface area (Å²) in [6, 6.07) is 3.80. The fraction of sp³-hybridized carbons (Fsp3) is 0.273. The number of nitrogens with zero attached hydrogens (tertiary/aromatic N) is 1. The van der Waals surface area contributed by atoms with Crippen LogP contribution in [0.2, 0.25) is 0 Å². The van der Waals surface area contributed by atoms with Crippen molar-refractivity contribution in [3.8, 4) is 11.4 Å². The molecule has 0 fully saturated rings. The minimum Gasteiger partial charge on any atom is -0.360 e. The van der Waals surface area contributed by atoms with Gasteiger partial charge in [-0.25, -0.2) is 4.98 Å². The normalized spacial score (nSPS) is 10.9. The highest BCUT2D eigenvalue weighted by Gasteiger charge is 2.14. The van der Waals surface area contributed by atoms with E-state index in [-0.39, 0.29) is 11.5 Å². The van der Waals surface area contributed by atoms with Gasteiger partial charge in [-0.05, 0) is 18.1 Å². The van der Waals surface area contributed by atoms with Gasteiger partial charge in [0.05, 0.1) is 17.7 Å². The summed E-state index contributed by atoms with van der Waals surface area (Å²) in [4.78, 5) is 21.5. The van der Waals surface area contributed by atoms with Gasteiger partial charge in [0.25, 0.3) is 5.56 Å². The molecule has 0 radical (unpaired) electrons. The van der Waals surface area contributed by atoms with E-state index in [1.807, 2.05) is 32.2 Å². The van der Waals surface area contributed by atoms with Crippen LogP contribution in [0.5, 0.6) is 0 Å². The highest BCUT2D eigenvalue weighted by molar-refractivity contribution is 5.58. The fourth-order valence-corrected chi connectivity index (χ4v) is 1.64. The highest BCUT2D eigenvalue weighted by atomic mass is 16.1. The monoisotopic (exact) mass is 203 g/mol. The zero-order valence-electron chi connectivity index (χ0n) is 8.74. The molecule has 2 heterocycles. The number of hydrogen-bond acceptors (Lipinski definition) is 2. The molecule has 78 valence electrons. The summed E-state index contributed by atoms with van der Waals surface area (Å²) in [6.07, 6.45) is 3.26. The first kappa shape index (κ1) is 9.71. The SMILES string of the molecule is CC(C)c1c(-c2ccc[nH]2)nc[nH]c1=O. The van der Waals surface area contributed by atoms with Crippen LogP contribution >= 0.6 is 0 Å². The van der Waals surface area contributed by atoms with Gasteiger partial charge in [-0.2, -0.15) is 0 Å². The molecule has 0 aliphatic carbocycles. The summed E-state index contributed by atoms with van der Waals surface area (Å²) in [7, 11) is 0. The lowest BCUT2D eigenvalue weighted by atomic mass is 10.0. The maximum atomic E-state index is 11.7. The number of aromatic nitrogens is 3. The van der Waals surface area contributed by atoms with Crippen molar-refractivity contribution >= 4 is 0 Å². The minimum absolute atomic E-state index is 0.0652. The van der Waals surface area contributed by atoms with Crippen LogP contribution in [0.4, 0.5) is 0 Å². The van der Waals surface area contributed by atoms with Crippen LogP contribution < -0.4 is 5.56 Å². The van der Waals surface area contributed by atoms with Gasteiger partial charge in [0, 0.05) is 11.8 Å². The summed E-state index contributed by atoms with van der Waals surface area (Å²) in [5, 5.41) is 0. The molecule has 4 nitrogen and oxygen atoms in total. The summed E-state index contributed by atoms with van der Waals surface area (Å²) in [5.41, 5.74) is 2.27. The fourth-order valence-electron chi connectivity index (χ4n) is 1.64. The maximum absolute atomic E-state index is 11.7. The molecule has 0 bridgehead atoms. The Labute approximate surface area is 87.4 Å². The number of aromatic amines is 2. The van der Waals surface area contributed by atoms with E-state index in [2.05, 4.69) is 15.0 Å². The number of H-pyrrole nitrogens is 2. The van der Waals surface area contributed by atoms with Gasteiger partial charge >= 0.3 is 0 Å². The van der Waals surface area contributed by atoms with E-state index in [9.17, 15) is 4.79 Å². The minimum atomic E-state index is -0.0652. The Morgan fingerprint density at radius 3 is 2.73 bits per heavy atom. The van der Waals surface area contributed by atoms with Gasteiger partial charge < -0.3 is 9.97 Å². The van der Waals surface area contributed by atoms with Crippen LogP contribution in [0.1, 0.15) is 25.3 Å². The molecule has 0 amide bonds. The Morgan fingerprint density at radius 2 is 2.13 bits per heavy atom. The number of rotatable bonds is 2. The summed E-state index contributed by atoms with van der Waals surface area (Å²) in [6.45, 7) is 3.97. The predicted molar refractivity (Wildman–Crippen MR) is 58.7 cm³/mol. The lowest BCUT2D eigenvalue weighted by molar-refractivity contribution is 0.832. The molecule has 0 aliphatic rings. The summed E-state index contributed by atoms with van der Waals surface area (Å²) < 4.78 is 0. The average molecular weight is 203 g/mol. The van der Waals surface area contributed by atoms with Crippen LogP contribution in [-0.2, 0) is 0 Å². The Bertz CT molecular complexity index is 497. The maximum Gasteiger partial charge on any atom is 0.254 e. The molecule has 0 saturated carbocycles. The zero-order chi connectivity index (χ0) is 10.8. The van der Waals surface area contributed by atoms with E-state index < -0.39 is 0 Å². The summed E-state index contributed by atoms with van der Waals surface area (Å²) in [5.74, 6) is 0.153. The van der Waals surface area contributed by atoms with E-state index in [1.165, 1.54) is 6.33 Å². The third-order valence-corrected chi connectivity index (χ3v) is 2.32. The molecule has 0 aliphatic heterocycles. The smallest absolute Gasteiger partial charge is 0.254 e. The molecule has 2 N–H and O–H groups in total. The van der Waals surface area contributed by atoms with Crippen LogP contribution in [0.3, 0.4) is 0 Å². The largest absolute Gasteiger partial charge is 0.360 e. The highest BCUT2D eigenvalue weighted by Crippen LogP contribution is 2.21. The van der Waals surface area contributed by atoms with Crippen molar-refractivity contribution in [3.05, 3.63) is 40.6 Å². The Balaban J connectivity index is 2.67. The Morgan fingerprint density at radius 1 is 1.33 bits per heavy atom. The van der Waals surface area contributed by atoms with Crippen LogP contribution in [-0.4, -0.2) is 15.0 Å². The molecule has 0 atom stereocenters. The van der Waals surface area contributed by atoms with Crippen molar-refractivity contribution in [2.24, 2.45) is 0 Å². The molecular weight excluding hydrogens is 190 g/mol. The van der Waals surface area contributed by atoms with Crippen LogP contribution in [0, 0.1) is 0 Å². The third-order valence-electron chi connectivity index (χ3n) is 2.32. The molecule has 2 aromatic heterocycles. The second kappa shape index (κ2) is 3.73. The van der Waals surface area contributed by atoms with E-state index in [4.69, 9.17) is 0 Å². The molecular formula is C11H13N3O. The Hall–Kier alpha value is -1.84. The van der Waals surface area contributed by atoms with E-state index in [1.54, 1.807) is 0 Å². The lowest BCUT2D eigenvalue weighted by Gasteiger charge is -2.08. The van der Waals surface area contributed by atoms with Crippen LogP contribution in [0.15, 0.2) is 29.5 Å². The standard InChI is InChI=1S/C11H13N3O/c1-7(2)9-10(8-4-3-5-12-8)13-6-14-11(9)15/h3-7,12H,1-2H3,(H,13,14,15). The van der Waals surface area contributed by atoms with Crippen molar-refractivity contribution < 1.29 is 0 Å². The molecule has 0 aromatic carbocycles. The molecule has 0 unspecified atom stereocenters. The van der Waals surface area contributed by atoms with Gasteiger partial charge in [-0.1, -0.05) is 13.8 Å². The molecule has 0 saturated heterocycles. The first-order valence-corrected chi connectivity index (χ1v) is 4.91. The van der Waals surface area contributed by atoms with Gasteiger partial charge in [0.1, 0.15) is 0 Å². The second-order valence-electron chi connectivity index (χ2n) is 3.73. The molecule has 0 spiro atoms. The van der Waals surface area contributed by atoms with Gasteiger partial charge in [-0.15, -0.1) is 0 Å². The van der Waals surface area contributed by atoms with Gasteiger partial charge in [0.2, 0.25) is 0 Å². The molecule has 4 heteroatoms. The van der Waals surface area contributed by atoms with Crippen molar-refractivity contribution in [2.45, 2.75) is 19.8 Å².